The number of carbonyl (C=O) groups is 2. The molecule has 10 heteroatoms. The highest BCUT2D eigenvalue weighted by Gasteiger charge is 2.51. The van der Waals surface area contributed by atoms with Crippen LogP contribution in [0.1, 0.15) is 19.3 Å². The zero-order valence-corrected chi connectivity index (χ0v) is 19.5. The van der Waals surface area contributed by atoms with Crippen molar-refractivity contribution in [2.75, 3.05) is 24.5 Å². The average Bonchev–Trinajstić information content (AvgIpc) is 3.25. The van der Waals surface area contributed by atoms with Crippen molar-refractivity contribution < 1.29 is 9.59 Å². The van der Waals surface area contributed by atoms with Crippen LogP contribution in [-0.2, 0) is 4.79 Å². The average molecular weight is 478 g/mol. The van der Waals surface area contributed by atoms with Gasteiger partial charge in [0.15, 0.2) is 0 Å². The van der Waals surface area contributed by atoms with Crippen LogP contribution in [0.4, 0.5) is 10.5 Å². The number of nitrogens with one attached hydrogen (secondary N) is 4. The van der Waals surface area contributed by atoms with Crippen LogP contribution in [0.25, 0.3) is 11.3 Å². The lowest BCUT2D eigenvalue weighted by Crippen LogP contribution is -2.62. The summed E-state index contributed by atoms with van der Waals surface area (Å²) in [5, 5.41) is 21.6. The van der Waals surface area contributed by atoms with Gasteiger partial charge >= 0.3 is 6.03 Å². The first-order valence-corrected chi connectivity index (χ1v) is 12.7. The summed E-state index contributed by atoms with van der Waals surface area (Å²) in [5.74, 6) is -0.0793. The second-order valence-electron chi connectivity index (χ2n) is 9.10. The van der Waals surface area contributed by atoms with E-state index in [1.54, 1.807) is 11.1 Å². The molecule has 34 heavy (non-hydrogen) atoms. The Hall–Kier alpha value is -2.95. The third kappa shape index (κ3) is 3.85. The Balaban J connectivity index is 1.30. The fourth-order valence-corrected chi connectivity index (χ4v) is 6.79. The van der Waals surface area contributed by atoms with Gasteiger partial charge in [-0.25, -0.2) is 4.79 Å². The minimum absolute atomic E-state index is 0.00928. The van der Waals surface area contributed by atoms with Gasteiger partial charge in [-0.15, -0.1) is 0 Å². The van der Waals surface area contributed by atoms with Crippen LogP contribution in [0.3, 0.4) is 0 Å². The molecule has 2 aromatic rings. The van der Waals surface area contributed by atoms with Crippen LogP contribution in [-0.4, -0.2) is 59.2 Å². The molecule has 6 rings (SSSR count). The van der Waals surface area contributed by atoms with Crippen LogP contribution in [0.15, 0.2) is 53.2 Å². The fraction of sp³-hybridized carbons (Fsp3) is 0.417. The van der Waals surface area contributed by atoms with Crippen molar-refractivity contribution in [3.63, 3.8) is 0 Å². The maximum Gasteiger partial charge on any atom is 0.326 e. The van der Waals surface area contributed by atoms with Gasteiger partial charge in [0.2, 0.25) is 0 Å². The van der Waals surface area contributed by atoms with Gasteiger partial charge in [0.05, 0.1) is 33.9 Å². The van der Waals surface area contributed by atoms with Gasteiger partial charge in [-0.3, -0.25) is 9.69 Å². The number of carbonyl (C=O) groups excluding carboxylic acids is 2. The molecule has 0 aliphatic carbocycles. The van der Waals surface area contributed by atoms with Gasteiger partial charge in [-0.1, -0.05) is 42.1 Å². The van der Waals surface area contributed by atoms with E-state index >= 15 is 0 Å². The van der Waals surface area contributed by atoms with Crippen molar-refractivity contribution in [1.82, 2.24) is 31.5 Å². The Morgan fingerprint density at radius 3 is 2.88 bits per heavy atom. The number of hydrogen-bond donors (Lipinski definition) is 4. The molecule has 5 heterocycles. The summed E-state index contributed by atoms with van der Waals surface area (Å²) in [6.45, 7) is 2.56. The fourth-order valence-electron chi connectivity index (χ4n) is 5.39. The number of hydrogen-bond acceptors (Lipinski definition) is 7. The zero-order valence-electron chi connectivity index (χ0n) is 18.7. The van der Waals surface area contributed by atoms with Crippen molar-refractivity contribution >= 4 is 29.4 Å². The smallest absolute Gasteiger partial charge is 0.326 e. The molecule has 3 saturated heterocycles. The van der Waals surface area contributed by atoms with Crippen molar-refractivity contribution in [2.24, 2.45) is 5.92 Å². The Labute approximate surface area is 202 Å². The maximum atomic E-state index is 13.4. The minimum Gasteiger partial charge on any atom is -0.348 e. The van der Waals surface area contributed by atoms with E-state index in [0.29, 0.717) is 10.6 Å². The number of benzene rings is 1. The molecule has 0 spiro atoms. The van der Waals surface area contributed by atoms with Gasteiger partial charge < -0.3 is 21.3 Å². The van der Waals surface area contributed by atoms with Crippen LogP contribution in [0.2, 0.25) is 0 Å². The molecule has 4 aliphatic heterocycles. The summed E-state index contributed by atoms with van der Waals surface area (Å²) in [4.78, 5) is 29.0. The Bertz CT molecular complexity index is 1140. The normalized spacial score (nSPS) is 28.4. The van der Waals surface area contributed by atoms with E-state index in [2.05, 4.69) is 31.5 Å². The number of piperidine rings is 2. The van der Waals surface area contributed by atoms with Crippen molar-refractivity contribution in [3.8, 4) is 11.3 Å². The number of amides is 3. The van der Waals surface area contributed by atoms with E-state index in [1.165, 1.54) is 11.8 Å². The monoisotopic (exact) mass is 477 g/mol. The van der Waals surface area contributed by atoms with Crippen LogP contribution >= 0.6 is 11.8 Å². The molecule has 9 nitrogen and oxygen atoms in total. The molecule has 3 fully saturated rings. The number of rotatable bonds is 4. The SMILES string of the molecule is O=C(N[C@@H]1CCCNC1)C1=C2NC(=O)N(c3cnnc(-c4ccccc4)c3)C3CCNC(S1)C23. The third-order valence-corrected chi connectivity index (χ3v) is 8.32. The highest BCUT2D eigenvalue weighted by molar-refractivity contribution is 8.04. The standard InChI is InChI=1S/C24H27N7O2S/c32-22(28-15-7-4-9-25-12-15)21-20-19-18(8-10-26-23(19)34-21)31(24(33)29-20)16-11-17(30-27-13-16)14-5-2-1-3-6-14/h1-3,5-6,11,13,15,18-19,23,25-26H,4,7-10,12H2,(H,28,32)(H,29,33)/t15-,18?,19?,23?/m1/s1. The van der Waals surface area contributed by atoms with Gasteiger partial charge in [0.25, 0.3) is 5.91 Å². The van der Waals surface area contributed by atoms with E-state index < -0.39 is 0 Å². The lowest BCUT2D eigenvalue weighted by atomic mass is 9.86. The minimum atomic E-state index is -0.226. The van der Waals surface area contributed by atoms with E-state index in [9.17, 15) is 9.59 Å². The van der Waals surface area contributed by atoms with Gasteiger partial charge in [0, 0.05) is 29.8 Å². The summed E-state index contributed by atoms with van der Waals surface area (Å²) < 4.78 is 0. The first-order chi connectivity index (χ1) is 16.7. The molecule has 4 atom stereocenters. The molecular formula is C24H27N7O2S. The number of anilines is 1. The van der Waals surface area contributed by atoms with Crippen LogP contribution in [0.5, 0.6) is 0 Å². The lowest BCUT2D eigenvalue weighted by molar-refractivity contribution is -0.117. The van der Waals surface area contributed by atoms with Crippen LogP contribution in [0, 0.1) is 5.92 Å². The molecule has 4 N–H and O–H groups in total. The summed E-state index contributed by atoms with van der Waals surface area (Å²) >= 11 is 1.53. The van der Waals surface area contributed by atoms with Crippen molar-refractivity contribution in [1.29, 1.82) is 0 Å². The third-order valence-electron chi connectivity index (χ3n) is 6.97. The van der Waals surface area contributed by atoms with E-state index in [4.69, 9.17) is 0 Å². The Morgan fingerprint density at radius 1 is 1.18 bits per heavy atom. The van der Waals surface area contributed by atoms with E-state index in [1.807, 2.05) is 36.4 Å². The summed E-state index contributed by atoms with van der Waals surface area (Å²) in [7, 11) is 0. The molecule has 1 aromatic carbocycles. The first-order valence-electron chi connectivity index (χ1n) is 11.8. The number of nitrogens with zero attached hydrogens (tertiary/aromatic N) is 3. The summed E-state index contributed by atoms with van der Waals surface area (Å²) in [5.41, 5.74) is 3.14. The van der Waals surface area contributed by atoms with E-state index in [-0.39, 0.29) is 35.3 Å². The zero-order chi connectivity index (χ0) is 23.1. The molecule has 0 bridgehead atoms. The second kappa shape index (κ2) is 9.01. The number of urea groups is 1. The largest absolute Gasteiger partial charge is 0.348 e. The predicted molar refractivity (Wildman–Crippen MR) is 131 cm³/mol. The highest BCUT2D eigenvalue weighted by Crippen LogP contribution is 2.48. The van der Waals surface area contributed by atoms with E-state index in [0.717, 1.165) is 55.9 Å². The Morgan fingerprint density at radius 2 is 2.06 bits per heavy atom. The topological polar surface area (TPSA) is 111 Å². The second-order valence-corrected chi connectivity index (χ2v) is 10.3. The molecule has 1 aromatic heterocycles. The molecule has 176 valence electrons. The highest BCUT2D eigenvalue weighted by atomic mass is 32.2. The lowest BCUT2D eigenvalue weighted by Gasteiger charge is -2.45. The molecule has 0 radical (unpaired) electrons. The summed E-state index contributed by atoms with van der Waals surface area (Å²) in [6.07, 6.45) is 4.46. The molecular weight excluding hydrogens is 450 g/mol. The maximum absolute atomic E-state index is 13.4. The quantitative estimate of drug-likeness (QED) is 0.531. The van der Waals surface area contributed by atoms with Crippen LogP contribution < -0.4 is 26.2 Å². The van der Waals surface area contributed by atoms with Crippen molar-refractivity contribution in [3.05, 3.63) is 53.2 Å². The number of thioether (sulfide) groups is 1. The van der Waals surface area contributed by atoms with Gasteiger partial charge in [-0.2, -0.15) is 10.2 Å². The van der Waals surface area contributed by atoms with Crippen molar-refractivity contribution in [2.45, 2.75) is 36.7 Å². The molecule has 0 saturated carbocycles. The molecule has 3 unspecified atom stereocenters. The van der Waals surface area contributed by atoms with Gasteiger partial charge in [-0.05, 0) is 38.4 Å². The van der Waals surface area contributed by atoms with Gasteiger partial charge in [0.1, 0.15) is 0 Å². The molecule has 4 aliphatic rings. The summed E-state index contributed by atoms with van der Waals surface area (Å²) in [6, 6.07) is 11.6. The number of aromatic nitrogens is 2. The molecule has 3 amide bonds. The first kappa shape index (κ1) is 21.6. The predicted octanol–water partition coefficient (Wildman–Crippen LogP) is 1.80. The Kier molecular flexibility index (Phi) is 5.72.